The van der Waals surface area contributed by atoms with Crippen LogP contribution in [0.2, 0.25) is 0 Å². The van der Waals surface area contributed by atoms with Crippen LogP contribution in [0, 0.1) is 13.8 Å². The molecule has 2 rings (SSSR count). The van der Waals surface area contributed by atoms with E-state index in [0.717, 1.165) is 0 Å². The van der Waals surface area contributed by atoms with Gasteiger partial charge in [-0.3, -0.25) is 4.68 Å². The third-order valence-corrected chi connectivity index (χ3v) is 6.06. The first-order valence-corrected chi connectivity index (χ1v) is 8.83. The van der Waals surface area contributed by atoms with E-state index in [9.17, 15) is 13.2 Å². The minimum atomic E-state index is -3.61. The van der Waals surface area contributed by atoms with Crippen LogP contribution in [0.1, 0.15) is 34.4 Å². The average molecular weight is 355 g/mol. The Balaban J connectivity index is 2.44. The molecule has 0 N–H and O–H groups in total. The highest BCUT2D eigenvalue weighted by Gasteiger charge is 2.28. The Morgan fingerprint density at radius 2 is 2.08 bits per heavy atom. The van der Waals surface area contributed by atoms with Gasteiger partial charge in [0.15, 0.2) is 0 Å². The molecule has 0 amide bonds. The van der Waals surface area contributed by atoms with Crippen LogP contribution >= 0.6 is 0 Å². The van der Waals surface area contributed by atoms with E-state index in [4.69, 9.17) is 9.15 Å². The summed E-state index contributed by atoms with van der Waals surface area (Å²) in [5.74, 6) is -0.154. The lowest BCUT2D eigenvalue weighted by Crippen LogP contribution is -2.27. The van der Waals surface area contributed by atoms with E-state index in [1.54, 1.807) is 20.8 Å². The molecule has 0 aromatic carbocycles. The Kier molecular flexibility index (Phi) is 5.14. The molecule has 0 aliphatic carbocycles. The molecule has 0 radical (unpaired) electrons. The zero-order valence-corrected chi connectivity index (χ0v) is 15.2. The van der Waals surface area contributed by atoms with Crippen molar-refractivity contribution in [2.45, 2.75) is 32.2 Å². The highest BCUT2D eigenvalue weighted by atomic mass is 32.2. The van der Waals surface area contributed by atoms with Crippen LogP contribution in [0.15, 0.2) is 21.6 Å². The first kappa shape index (κ1) is 18.2. The number of carbonyl (C=O) groups is 1. The zero-order chi connectivity index (χ0) is 18.1. The molecule has 0 aliphatic rings. The fourth-order valence-electron chi connectivity index (χ4n) is 2.42. The summed E-state index contributed by atoms with van der Waals surface area (Å²) in [6.07, 6.45) is 1.38. The molecule has 0 fully saturated rings. The largest absolute Gasteiger partial charge is 0.466 e. The standard InChI is InChI=1S/C15H21N3O5S/c1-6-17(4)24(20,21)14-10(2)16-18(11(14)3)9-13-12(7-8-23-13)15(19)22-5/h7-8H,6,9H2,1-5H3. The van der Waals surface area contributed by atoms with Gasteiger partial charge in [-0.2, -0.15) is 5.10 Å². The number of methoxy groups -OCH3 is 1. The first-order chi connectivity index (χ1) is 11.2. The second-order valence-electron chi connectivity index (χ2n) is 5.33. The van der Waals surface area contributed by atoms with Gasteiger partial charge >= 0.3 is 5.97 Å². The summed E-state index contributed by atoms with van der Waals surface area (Å²) in [4.78, 5) is 11.9. The third-order valence-electron chi connectivity index (χ3n) is 3.87. The SMILES string of the molecule is CCN(C)S(=O)(=O)c1c(C)nn(Cc2occc2C(=O)OC)c1C. The lowest BCUT2D eigenvalue weighted by Gasteiger charge is -2.15. The number of aromatic nitrogens is 2. The fourth-order valence-corrected chi connectivity index (χ4v) is 3.97. The molecule has 0 unspecified atom stereocenters. The smallest absolute Gasteiger partial charge is 0.341 e. The average Bonchev–Trinajstić information content (AvgIpc) is 3.10. The summed E-state index contributed by atoms with van der Waals surface area (Å²) in [5.41, 5.74) is 1.18. The molecule has 0 saturated heterocycles. The van der Waals surface area contributed by atoms with Crippen LogP contribution in [-0.2, 0) is 21.3 Å². The van der Waals surface area contributed by atoms with E-state index in [1.165, 1.54) is 35.5 Å². The zero-order valence-electron chi connectivity index (χ0n) is 14.4. The number of nitrogens with zero attached hydrogens (tertiary/aromatic N) is 3. The highest BCUT2D eigenvalue weighted by molar-refractivity contribution is 7.89. The second-order valence-corrected chi connectivity index (χ2v) is 7.31. The summed E-state index contributed by atoms with van der Waals surface area (Å²) in [6, 6.07) is 1.51. The first-order valence-electron chi connectivity index (χ1n) is 7.39. The summed E-state index contributed by atoms with van der Waals surface area (Å²) >= 11 is 0. The van der Waals surface area contributed by atoms with E-state index in [0.29, 0.717) is 29.3 Å². The molecule has 0 saturated carbocycles. The van der Waals surface area contributed by atoms with Crippen LogP contribution in [0.4, 0.5) is 0 Å². The van der Waals surface area contributed by atoms with Crippen molar-refractivity contribution in [3.63, 3.8) is 0 Å². The Morgan fingerprint density at radius 3 is 2.67 bits per heavy atom. The number of rotatable bonds is 6. The lowest BCUT2D eigenvalue weighted by atomic mass is 10.2. The van der Waals surface area contributed by atoms with Crippen LogP contribution < -0.4 is 0 Å². The van der Waals surface area contributed by atoms with Crippen molar-refractivity contribution in [1.29, 1.82) is 0 Å². The van der Waals surface area contributed by atoms with Crippen LogP contribution in [0.3, 0.4) is 0 Å². The van der Waals surface area contributed by atoms with E-state index in [1.807, 2.05) is 0 Å². The minimum absolute atomic E-state index is 0.134. The lowest BCUT2D eigenvalue weighted by molar-refractivity contribution is 0.0598. The van der Waals surface area contributed by atoms with Crippen LogP contribution in [-0.4, -0.2) is 49.2 Å². The number of esters is 1. The van der Waals surface area contributed by atoms with Gasteiger partial charge in [-0.15, -0.1) is 0 Å². The van der Waals surface area contributed by atoms with Gasteiger partial charge in [-0.1, -0.05) is 6.92 Å². The van der Waals surface area contributed by atoms with E-state index in [-0.39, 0.29) is 11.4 Å². The molecular weight excluding hydrogens is 334 g/mol. The molecule has 2 aromatic rings. The predicted octanol–water partition coefficient (Wildman–Crippen LogP) is 1.57. The van der Waals surface area contributed by atoms with Crippen molar-refractivity contribution in [2.75, 3.05) is 20.7 Å². The van der Waals surface area contributed by atoms with Gasteiger partial charge in [-0.05, 0) is 19.9 Å². The number of furan rings is 1. The maximum absolute atomic E-state index is 12.6. The Bertz CT molecular complexity index is 851. The topological polar surface area (TPSA) is 94.6 Å². The monoisotopic (exact) mass is 355 g/mol. The summed E-state index contributed by atoms with van der Waals surface area (Å²) in [7, 11) is -0.805. The molecule has 2 heterocycles. The predicted molar refractivity (Wildman–Crippen MR) is 86.3 cm³/mol. The van der Waals surface area contributed by atoms with Gasteiger partial charge in [0.2, 0.25) is 10.0 Å². The quantitative estimate of drug-likeness (QED) is 0.730. The minimum Gasteiger partial charge on any atom is -0.466 e. The van der Waals surface area contributed by atoms with Crippen molar-refractivity contribution in [2.24, 2.45) is 0 Å². The molecule has 132 valence electrons. The molecular formula is C15H21N3O5S. The molecule has 0 bridgehead atoms. The van der Waals surface area contributed by atoms with Crippen LogP contribution in [0.5, 0.6) is 0 Å². The summed E-state index contributed by atoms with van der Waals surface area (Å²) < 4.78 is 38.0. The van der Waals surface area contributed by atoms with Crippen molar-refractivity contribution >= 4 is 16.0 Å². The maximum atomic E-state index is 12.6. The molecule has 0 aliphatic heterocycles. The molecule has 2 aromatic heterocycles. The van der Waals surface area contributed by atoms with Crippen molar-refractivity contribution < 1.29 is 22.4 Å². The number of hydrogen-bond donors (Lipinski definition) is 0. The number of ether oxygens (including phenoxy) is 1. The van der Waals surface area contributed by atoms with Gasteiger partial charge in [0.1, 0.15) is 22.8 Å². The van der Waals surface area contributed by atoms with E-state index in [2.05, 4.69) is 5.10 Å². The number of hydrogen-bond acceptors (Lipinski definition) is 6. The Morgan fingerprint density at radius 1 is 1.42 bits per heavy atom. The molecule has 0 atom stereocenters. The van der Waals surface area contributed by atoms with Crippen LogP contribution in [0.25, 0.3) is 0 Å². The molecule has 24 heavy (non-hydrogen) atoms. The fraction of sp³-hybridized carbons (Fsp3) is 0.467. The van der Waals surface area contributed by atoms with Gasteiger partial charge in [0.05, 0.1) is 24.8 Å². The normalized spacial score (nSPS) is 11.9. The van der Waals surface area contributed by atoms with Gasteiger partial charge in [0, 0.05) is 13.6 Å². The van der Waals surface area contributed by atoms with E-state index >= 15 is 0 Å². The third kappa shape index (κ3) is 3.09. The summed E-state index contributed by atoms with van der Waals surface area (Å²) in [5, 5.41) is 4.29. The van der Waals surface area contributed by atoms with Crippen molar-refractivity contribution in [3.05, 3.63) is 35.0 Å². The Hall–Kier alpha value is -2.13. The molecule has 0 spiro atoms. The number of aryl methyl sites for hydroxylation is 1. The Labute approximate surface area is 141 Å². The molecule has 8 nitrogen and oxygen atoms in total. The molecule has 9 heteroatoms. The highest BCUT2D eigenvalue weighted by Crippen LogP contribution is 2.24. The van der Waals surface area contributed by atoms with Gasteiger partial charge in [0.25, 0.3) is 0 Å². The van der Waals surface area contributed by atoms with Crippen molar-refractivity contribution in [3.8, 4) is 0 Å². The van der Waals surface area contributed by atoms with Gasteiger partial charge in [-0.25, -0.2) is 17.5 Å². The van der Waals surface area contributed by atoms with Crippen molar-refractivity contribution in [1.82, 2.24) is 14.1 Å². The van der Waals surface area contributed by atoms with Gasteiger partial charge < -0.3 is 9.15 Å². The van der Waals surface area contributed by atoms with E-state index < -0.39 is 16.0 Å². The maximum Gasteiger partial charge on any atom is 0.341 e. The number of sulfonamides is 1. The summed E-state index contributed by atoms with van der Waals surface area (Å²) in [6.45, 7) is 5.57. The number of carbonyl (C=O) groups excluding carboxylic acids is 1. The second kappa shape index (κ2) is 6.78.